The molecule has 0 radical (unpaired) electrons. The van der Waals surface area contributed by atoms with Gasteiger partial charge in [-0.05, 0) is 48.7 Å². The monoisotopic (exact) mass is 340 g/mol. The first kappa shape index (κ1) is 15.0. The van der Waals surface area contributed by atoms with Crippen molar-refractivity contribution >= 4 is 26.5 Å². The Balaban J connectivity index is 1.94. The maximum atomic E-state index is 13.2. The van der Waals surface area contributed by atoms with Crippen molar-refractivity contribution in [2.75, 3.05) is 10.8 Å². The average molecular weight is 340 g/mol. The standard InChI is InChI=1S/C18H16N2O3S/c1-12-4-2-6-16-13(12)9-11-20(16)24(22,23)17-7-3-5-15-14(17)8-10-19-18(15)21/h2-8,10H,9,11H2,1H3,(H,19,21). The number of pyridine rings is 1. The molecule has 0 saturated carbocycles. The van der Waals surface area contributed by atoms with Crippen LogP contribution in [0.1, 0.15) is 11.1 Å². The number of H-pyrrole nitrogens is 1. The highest BCUT2D eigenvalue weighted by Crippen LogP contribution is 2.35. The highest BCUT2D eigenvalue weighted by Gasteiger charge is 2.32. The van der Waals surface area contributed by atoms with Gasteiger partial charge >= 0.3 is 0 Å². The van der Waals surface area contributed by atoms with Gasteiger partial charge in [0.05, 0.1) is 10.6 Å². The summed E-state index contributed by atoms with van der Waals surface area (Å²) in [5, 5.41) is 0.824. The molecule has 24 heavy (non-hydrogen) atoms. The van der Waals surface area contributed by atoms with E-state index in [1.165, 1.54) is 10.5 Å². The van der Waals surface area contributed by atoms with Crippen molar-refractivity contribution in [3.63, 3.8) is 0 Å². The van der Waals surface area contributed by atoms with Crippen molar-refractivity contribution in [3.8, 4) is 0 Å². The number of rotatable bonds is 2. The molecule has 0 fully saturated rings. The Labute approximate surface area is 139 Å². The normalized spacial score (nSPS) is 14.1. The number of aryl methyl sites for hydroxylation is 1. The summed E-state index contributed by atoms with van der Waals surface area (Å²) in [6.45, 7) is 2.41. The van der Waals surface area contributed by atoms with Crippen LogP contribution in [0.2, 0.25) is 0 Å². The van der Waals surface area contributed by atoms with Crippen molar-refractivity contribution < 1.29 is 8.42 Å². The number of aromatic nitrogens is 1. The molecule has 3 aromatic rings. The van der Waals surface area contributed by atoms with Gasteiger partial charge in [0.25, 0.3) is 15.6 Å². The van der Waals surface area contributed by atoms with Crippen LogP contribution < -0.4 is 9.86 Å². The Morgan fingerprint density at radius 2 is 1.83 bits per heavy atom. The zero-order valence-electron chi connectivity index (χ0n) is 13.1. The van der Waals surface area contributed by atoms with Crippen molar-refractivity contribution in [1.82, 2.24) is 4.98 Å². The average Bonchev–Trinajstić information content (AvgIpc) is 3.01. The van der Waals surface area contributed by atoms with Crippen molar-refractivity contribution in [2.24, 2.45) is 0 Å². The van der Waals surface area contributed by atoms with E-state index in [2.05, 4.69) is 4.98 Å². The van der Waals surface area contributed by atoms with Crippen LogP contribution in [0.3, 0.4) is 0 Å². The molecule has 0 atom stereocenters. The Kier molecular flexibility index (Phi) is 3.25. The highest BCUT2D eigenvalue weighted by molar-refractivity contribution is 7.93. The van der Waals surface area contributed by atoms with Crippen LogP contribution in [0.25, 0.3) is 10.8 Å². The summed E-state index contributed by atoms with van der Waals surface area (Å²) in [6, 6.07) is 12.1. The molecule has 1 aliphatic heterocycles. The first-order valence-corrected chi connectivity index (χ1v) is 9.16. The number of nitrogens with one attached hydrogen (secondary N) is 1. The van der Waals surface area contributed by atoms with E-state index in [1.807, 2.05) is 25.1 Å². The number of hydrogen-bond donors (Lipinski definition) is 1. The van der Waals surface area contributed by atoms with Gasteiger partial charge in [-0.25, -0.2) is 8.42 Å². The second kappa shape index (κ2) is 5.21. The van der Waals surface area contributed by atoms with Crippen LogP contribution in [0.4, 0.5) is 5.69 Å². The maximum absolute atomic E-state index is 13.2. The highest BCUT2D eigenvalue weighted by atomic mass is 32.2. The fraction of sp³-hybridized carbons (Fsp3) is 0.167. The molecular formula is C18H16N2O3S. The molecule has 6 heteroatoms. The molecule has 122 valence electrons. The predicted molar refractivity (Wildman–Crippen MR) is 94.0 cm³/mol. The summed E-state index contributed by atoms with van der Waals surface area (Å²) in [5.41, 5.74) is 2.61. The van der Waals surface area contributed by atoms with Gasteiger partial charge in [0.1, 0.15) is 0 Å². The number of aromatic amines is 1. The Morgan fingerprint density at radius 1 is 1.04 bits per heavy atom. The number of benzene rings is 2. The van der Waals surface area contributed by atoms with E-state index < -0.39 is 10.0 Å². The zero-order valence-corrected chi connectivity index (χ0v) is 13.9. The largest absolute Gasteiger partial charge is 0.329 e. The third-order valence-corrected chi connectivity index (χ3v) is 6.43. The van der Waals surface area contributed by atoms with Gasteiger partial charge in [-0.2, -0.15) is 0 Å². The summed E-state index contributed by atoms with van der Waals surface area (Å²) in [6.07, 6.45) is 2.18. The molecule has 5 nitrogen and oxygen atoms in total. The van der Waals surface area contributed by atoms with Gasteiger partial charge in [-0.1, -0.05) is 18.2 Å². The molecule has 1 aromatic heterocycles. The lowest BCUT2D eigenvalue weighted by Gasteiger charge is -2.20. The zero-order chi connectivity index (χ0) is 16.9. The van der Waals surface area contributed by atoms with E-state index in [1.54, 1.807) is 24.3 Å². The number of sulfonamides is 1. The Hall–Kier alpha value is -2.60. The molecule has 0 spiro atoms. The van der Waals surface area contributed by atoms with Crippen molar-refractivity contribution in [3.05, 3.63) is 70.1 Å². The molecule has 0 aliphatic carbocycles. The van der Waals surface area contributed by atoms with E-state index in [9.17, 15) is 13.2 Å². The Morgan fingerprint density at radius 3 is 2.67 bits per heavy atom. The SMILES string of the molecule is Cc1cccc2c1CCN2S(=O)(=O)c1cccc2c(=O)[nH]ccc12. The van der Waals surface area contributed by atoms with Crippen LogP contribution >= 0.6 is 0 Å². The first-order valence-electron chi connectivity index (χ1n) is 7.72. The number of hydrogen-bond acceptors (Lipinski definition) is 3. The van der Waals surface area contributed by atoms with Crippen LogP contribution in [0.15, 0.2) is 58.4 Å². The third kappa shape index (κ3) is 2.06. The molecule has 0 bridgehead atoms. The fourth-order valence-corrected chi connectivity index (χ4v) is 5.07. The molecule has 1 N–H and O–H groups in total. The van der Waals surface area contributed by atoms with Crippen molar-refractivity contribution in [1.29, 1.82) is 0 Å². The smallest absolute Gasteiger partial charge is 0.264 e. The van der Waals surface area contributed by atoms with E-state index in [0.29, 0.717) is 23.7 Å². The number of nitrogens with zero attached hydrogens (tertiary/aromatic N) is 1. The van der Waals surface area contributed by atoms with Crippen LogP contribution in [0, 0.1) is 6.92 Å². The minimum Gasteiger partial charge on any atom is -0.329 e. The lowest BCUT2D eigenvalue weighted by atomic mass is 10.1. The summed E-state index contributed by atoms with van der Waals surface area (Å²) in [7, 11) is -3.73. The summed E-state index contributed by atoms with van der Waals surface area (Å²) < 4.78 is 27.9. The number of anilines is 1. The van der Waals surface area contributed by atoms with E-state index >= 15 is 0 Å². The summed E-state index contributed by atoms with van der Waals surface area (Å²) in [4.78, 5) is 14.7. The first-order chi connectivity index (χ1) is 11.5. The molecule has 2 heterocycles. The third-order valence-electron chi connectivity index (χ3n) is 4.56. The summed E-state index contributed by atoms with van der Waals surface area (Å²) in [5.74, 6) is 0. The van der Waals surface area contributed by atoms with Gasteiger partial charge in [0.15, 0.2) is 0 Å². The van der Waals surface area contributed by atoms with Crippen LogP contribution in [-0.4, -0.2) is 19.9 Å². The van der Waals surface area contributed by atoms with E-state index in [0.717, 1.165) is 16.8 Å². The lowest BCUT2D eigenvalue weighted by molar-refractivity contribution is 0.593. The molecule has 4 rings (SSSR count). The molecule has 1 aliphatic rings. The van der Waals surface area contributed by atoms with Gasteiger partial charge in [0, 0.05) is 23.5 Å². The minimum absolute atomic E-state index is 0.167. The van der Waals surface area contributed by atoms with Crippen LogP contribution in [0.5, 0.6) is 0 Å². The van der Waals surface area contributed by atoms with Crippen molar-refractivity contribution in [2.45, 2.75) is 18.2 Å². The maximum Gasteiger partial charge on any atom is 0.264 e. The number of fused-ring (bicyclic) bond motifs is 2. The second-order valence-corrected chi connectivity index (χ2v) is 7.75. The molecule has 0 saturated heterocycles. The molecule has 0 unspecified atom stereocenters. The fourth-order valence-electron chi connectivity index (χ4n) is 3.37. The minimum atomic E-state index is -3.73. The lowest BCUT2D eigenvalue weighted by Crippen LogP contribution is -2.29. The second-order valence-electron chi connectivity index (χ2n) is 5.92. The van der Waals surface area contributed by atoms with Gasteiger partial charge in [-0.3, -0.25) is 9.10 Å². The summed E-state index contributed by atoms with van der Waals surface area (Å²) >= 11 is 0. The van der Waals surface area contributed by atoms with Gasteiger partial charge < -0.3 is 4.98 Å². The van der Waals surface area contributed by atoms with Gasteiger partial charge in [-0.15, -0.1) is 0 Å². The van der Waals surface area contributed by atoms with Crippen LogP contribution in [-0.2, 0) is 16.4 Å². The molecule has 2 aromatic carbocycles. The van der Waals surface area contributed by atoms with Gasteiger partial charge in [0.2, 0.25) is 0 Å². The molecular weight excluding hydrogens is 324 g/mol. The Bertz CT molecular complexity index is 1120. The topological polar surface area (TPSA) is 70.2 Å². The van der Waals surface area contributed by atoms with E-state index in [-0.39, 0.29) is 10.5 Å². The molecule has 0 amide bonds. The van der Waals surface area contributed by atoms with E-state index in [4.69, 9.17) is 0 Å². The predicted octanol–water partition coefficient (Wildman–Crippen LogP) is 2.59. The quantitative estimate of drug-likeness (QED) is 0.779.